The van der Waals surface area contributed by atoms with Crippen LogP contribution in [0.25, 0.3) is 11.0 Å². The van der Waals surface area contributed by atoms with Crippen LogP contribution in [0.5, 0.6) is 5.75 Å². The largest absolute Gasteiger partial charge is 0.480 e. The molecule has 36 heavy (non-hydrogen) atoms. The first kappa shape index (κ1) is 26.0. The summed E-state index contributed by atoms with van der Waals surface area (Å²) in [5.74, 6) is 1.45. The summed E-state index contributed by atoms with van der Waals surface area (Å²) in [4.78, 5) is 18.7. The maximum Gasteiger partial charge on any atom is 0.228 e. The molecule has 3 aromatic carbocycles. The normalized spacial score (nSPS) is 11.6. The number of aryl methyl sites for hydroxylation is 1. The number of halogens is 2. The van der Waals surface area contributed by atoms with Crippen molar-refractivity contribution in [3.8, 4) is 5.75 Å². The van der Waals surface area contributed by atoms with Gasteiger partial charge in [0, 0.05) is 23.2 Å². The van der Waals surface area contributed by atoms with E-state index in [-0.39, 0.29) is 10.9 Å². The van der Waals surface area contributed by atoms with Gasteiger partial charge in [-0.2, -0.15) is 0 Å². The summed E-state index contributed by atoms with van der Waals surface area (Å²) in [6.07, 6.45) is 0.294. The van der Waals surface area contributed by atoms with Gasteiger partial charge in [0.15, 0.2) is 11.4 Å². The number of hydrogen-bond acceptors (Lipinski definition) is 4. The Morgan fingerprint density at radius 3 is 2.53 bits per heavy atom. The van der Waals surface area contributed by atoms with Crippen molar-refractivity contribution in [2.45, 2.75) is 51.2 Å². The fourth-order valence-corrected chi connectivity index (χ4v) is 4.91. The molecular weight excluding hydrogens is 497 g/mol. The number of benzene rings is 3. The van der Waals surface area contributed by atoms with Crippen molar-refractivity contribution in [1.29, 1.82) is 0 Å². The molecule has 0 radical (unpaired) electrons. The molecule has 5 nitrogen and oxygen atoms in total. The van der Waals surface area contributed by atoms with Crippen molar-refractivity contribution >= 4 is 46.0 Å². The van der Waals surface area contributed by atoms with Crippen molar-refractivity contribution in [1.82, 2.24) is 9.55 Å². The van der Waals surface area contributed by atoms with Gasteiger partial charge in [0.05, 0.1) is 22.5 Å². The van der Waals surface area contributed by atoms with Gasteiger partial charge in [-0.3, -0.25) is 4.79 Å². The predicted molar refractivity (Wildman–Crippen MR) is 146 cm³/mol. The van der Waals surface area contributed by atoms with Gasteiger partial charge in [-0.1, -0.05) is 30.7 Å². The molecule has 0 saturated carbocycles. The monoisotopic (exact) mass is 525 g/mol. The summed E-state index contributed by atoms with van der Waals surface area (Å²) < 4.78 is 22.1. The van der Waals surface area contributed by atoms with Crippen LogP contribution in [-0.4, -0.2) is 21.2 Å². The summed E-state index contributed by atoms with van der Waals surface area (Å²) in [6, 6.07) is 18.1. The number of ether oxygens (including phenoxy) is 1. The lowest BCUT2D eigenvalue weighted by Crippen LogP contribution is -2.29. The van der Waals surface area contributed by atoms with Crippen LogP contribution < -0.4 is 10.1 Å². The molecule has 0 fully saturated rings. The molecule has 0 aliphatic heterocycles. The number of rotatable bonds is 9. The van der Waals surface area contributed by atoms with E-state index < -0.39 is 11.4 Å². The molecule has 4 rings (SSSR count). The third kappa shape index (κ3) is 5.85. The molecule has 0 bridgehead atoms. The van der Waals surface area contributed by atoms with Crippen molar-refractivity contribution < 1.29 is 13.9 Å². The average Bonchev–Trinajstić information content (AvgIpc) is 3.21. The van der Waals surface area contributed by atoms with Gasteiger partial charge in [-0.15, -0.1) is 11.8 Å². The summed E-state index contributed by atoms with van der Waals surface area (Å²) in [6.45, 7) is 8.60. The van der Waals surface area contributed by atoms with Crippen LogP contribution in [0.15, 0.2) is 65.6 Å². The third-order valence-electron chi connectivity index (χ3n) is 5.75. The van der Waals surface area contributed by atoms with E-state index in [1.807, 2.05) is 63.2 Å². The molecule has 0 aliphatic rings. The fourth-order valence-electron chi connectivity index (χ4n) is 4.13. The summed E-state index contributed by atoms with van der Waals surface area (Å²) in [5.41, 5.74) is 2.46. The van der Waals surface area contributed by atoms with Crippen molar-refractivity contribution in [3.63, 3.8) is 0 Å². The molecule has 1 amide bonds. The molecule has 1 N–H and O–H groups in total. The molecule has 0 unspecified atom stereocenters. The zero-order valence-corrected chi connectivity index (χ0v) is 22.3. The van der Waals surface area contributed by atoms with E-state index >= 15 is 0 Å². The molecule has 0 spiro atoms. The van der Waals surface area contributed by atoms with Crippen LogP contribution in [0.1, 0.15) is 39.1 Å². The minimum Gasteiger partial charge on any atom is -0.480 e. The second-order valence-electron chi connectivity index (χ2n) is 8.87. The van der Waals surface area contributed by atoms with Crippen LogP contribution in [0.2, 0.25) is 5.02 Å². The molecule has 0 atom stereocenters. The van der Waals surface area contributed by atoms with Crippen LogP contribution in [0.4, 0.5) is 10.1 Å². The lowest BCUT2D eigenvalue weighted by molar-refractivity contribution is -0.115. The van der Waals surface area contributed by atoms with Gasteiger partial charge < -0.3 is 14.6 Å². The van der Waals surface area contributed by atoms with E-state index in [0.29, 0.717) is 30.2 Å². The van der Waals surface area contributed by atoms with E-state index in [4.69, 9.17) is 21.3 Å². The minimum absolute atomic E-state index is 0.0445. The Balaban J connectivity index is 1.53. The molecule has 0 aliphatic carbocycles. The first-order valence-electron chi connectivity index (χ1n) is 11.9. The number of anilines is 1. The second-order valence-corrected chi connectivity index (χ2v) is 10.6. The average molecular weight is 526 g/mol. The highest BCUT2D eigenvalue weighted by Gasteiger charge is 2.30. The molecule has 1 aromatic heterocycles. The third-order valence-corrected chi connectivity index (χ3v) is 6.95. The van der Waals surface area contributed by atoms with Crippen LogP contribution in [-0.2, 0) is 23.4 Å². The van der Waals surface area contributed by atoms with Gasteiger partial charge in [0.1, 0.15) is 11.6 Å². The van der Waals surface area contributed by atoms with E-state index in [0.717, 1.165) is 22.3 Å². The highest BCUT2D eigenvalue weighted by Crippen LogP contribution is 2.32. The molecule has 4 aromatic rings. The minimum atomic E-state index is -0.846. The van der Waals surface area contributed by atoms with Crippen molar-refractivity contribution in [2.75, 3.05) is 11.1 Å². The number of carbonyl (C=O) groups excluding carboxylic acids is 1. The maximum atomic E-state index is 13.9. The van der Waals surface area contributed by atoms with E-state index in [9.17, 15) is 9.18 Å². The standard InChI is InChI=1S/C28H29ClFN3O2S/c1-5-33-25-14-9-19(31-26(34)15-18-7-11-21(12-8-18)36-6-2)16-24(25)32-27(33)28(3,4)35-20-10-13-22(29)23(30)17-20/h7-14,16-17H,5-6,15H2,1-4H3,(H,31,34). The number of thioether (sulfide) groups is 1. The lowest BCUT2D eigenvalue weighted by atomic mass is 10.1. The number of imidazole rings is 1. The molecule has 1 heterocycles. The van der Waals surface area contributed by atoms with Gasteiger partial charge >= 0.3 is 0 Å². The second kappa shape index (κ2) is 10.9. The summed E-state index contributed by atoms with van der Waals surface area (Å²) >= 11 is 7.58. The lowest BCUT2D eigenvalue weighted by Gasteiger charge is -2.26. The Hall–Kier alpha value is -3.03. The van der Waals surface area contributed by atoms with Crippen LogP contribution in [0, 0.1) is 5.82 Å². The molecular formula is C28H29ClFN3O2S. The van der Waals surface area contributed by atoms with Gasteiger partial charge in [-0.05, 0) is 74.6 Å². The Kier molecular flexibility index (Phi) is 7.91. The molecule has 188 valence electrons. The van der Waals surface area contributed by atoms with E-state index in [1.54, 1.807) is 17.8 Å². The molecule has 8 heteroatoms. The highest BCUT2D eigenvalue weighted by molar-refractivity contribution is 7.99. The van der Waals surface area contributed by atoms with Crippen LogP contribution >= 0.6 is 23.4 Å². The zero-order chi connectivity index (χ0) is 25.9. The van der Waals surface area contributed by atoms with Crippen molar-refractivity contribution in [2.24, 2.45) is 0 Å². The quantitative estimate of drug-likeness (QED) is 0.230. The maximum absolute atomic E-state index is 13.9. The number of aromatic nitrogens is 2. The first-order valence-corrected chi connectivity index (χ1v) is 13.2. The predicted octanol–water partition coefficient (Wildman–Crippen LogP) is 7.46. The number of amides is 1. The molecule has 0 saturated heterocycles. The first-order chi connectivity index (χ1) is 17.2. The Bertz CT molecular complexity index is 1390. The topological polar surface area (TPSA) is 56.1 Å². The van der Waals surface area contributed by atoms with Gasteiger partial charge in [-0.25, -0.2) is 9.37 Å². The number of nitrogens with zero attached hydrogens (tertiary/aromatic N) is 2. The Morgan fingerprint density at radius 2 is 1.86 bits per heavy atom. The number of carbonyl (C=O) groups is 1. The Morgan fingerprint density at radius 1 is 1.11 bits per heavy atom. The SMILES string of the molecule is CCSc1ccc(CC(=O)Nc2ccc3c(c2)nc(C(C)(C)Oc2ccc(Cl)c(F)c2)n3CC)cc1. The summed E-state index contributed by atoms with van der Waals surface area (Å²) in [7, 11) is 0. The number of nitrogens with one attached hydrogen (secondary N) is 1. The van der Waals surface area contributed by atoms with Gasteiger partial charge in [0.2, 0.25) is 5.91 Å². The summed E-state index contributed by atoms with van der Waals surface area (Å²) in [5, 5.41) is 3.02. The zero-order valence-electron chi connectivity index (χ0n) is 20.8. The number of hydrogen-bond donors (Lipinski definition) is 1. The Labute approximate surface area is 220 Å². The van der Waals surface area contributed by atoms with Crippen LogP contribution in [0.3, 0.4) is 0 Å². The highest BCUT2D eigenvalue weighted by atomic mass is 35.5. The van der Waals surface area contributed by atoms with E-state index in [2.05, 4.69) is 16.8 Å². The van der Waals surface area contributed by atoms with Gasteiger partial charge in [0.25, 0.3) is 0 Å². The van der Waals surface area contributed by atoms with Crippen molar-refractivity contribution in [3.05, 3.63) is 82.9 Å². The smallest absolute Gasteiger partial charge is 0.228 e. The fraction of sp³-hybridized carbons (Fsp3) is 0.286. The number of fused-ring (bicyclic) bond motifs is 1. The van der Waals surface area contributed by atoms with E-state index in [1.165, 1.54) is 17.0 Å².